The maximum Gasteiger partial charge on any atom is 0.249 e. The second-order valence-corrected chi connectivity index (χ2v) is 23.6. The average Bonchev–Trinajstić information content (AvgIpc) is 3.41. The zero-order valence-electron chi connectivity index (χ0n) is 49.3. The molecule has 1 aliphatic heterocycles. The molecule has 1 saturated heterocycles. The lowest BCUT2D eigenvalue weighted by molar-refractivity contribution is -0.303. The molecule has 448 valence electrons. The third-order valence-corrected chi connectivity index (χ3v) is 16.4. The predicted octanol–water partition coefficient (Wildman–Crippen LogP) is 14.9. The molecular weight excluding hydrogens is 943 g/mol. The average molecular weight is 1070 g/mol. The van der Waals surface area contributed by atoms with Crippen molar-refractivity contribution in [2.24, 2.45) is 0 Å². The van der Waals surface area contributed by atoms with Gasteiger partial charge in [-0.05, 0) is 12.8 Å². The van der Waals surface area contributed by atoms with Crippen LogP contribution in [0.15, 0.2) is 0 Å². The van der Waals surface area contributed by atoms with Crippen LogP contribution in [0.3, 0.4) is 0 Å². The van der Waals surface area contributed by atoms with Crippen molar-refractivity contribution >= 4 is 5.91 Å². The number of rotatable bonds is 58. The summed E-state index contributed by atoms with van der Waals surface area (Å²) in [6.45, 7) is 3.52. The van der Waals surface area contributed by atoms with Crippen LogP contribution >= 0.6 is 0 Å². The highest BCUT2D eigenvalue weighted by Gasteiger charge is 2.44. The van der Waals surface area contributed by atoms with E-state index in [1.807, 2.05) is 0 Å². The van der Waals surface area contributed by atoms with Crippen LogP contribution in [0.5, 0.6) is 0 Å². The Kier molecular flexibility index (Phi) is 51.7. The second-order valence-electron chi connectivity index (χ2n) is 23.6. The third kappa shape index (κ3) is 41.7. The fourth-order valence-corrected chi connectivity index (χ4v) is 11.1. The lowest BCUT2D eigenvalue weighted by Gasteiger charge is -2.40. The van der Waals surface area contributed by atoms with Crippen molar-refractivity contribution in [3.05, 3.63) is 0 Å². The van der Waals surface area contributed by atoms with Crippen molar-refractivity contribution in [1.82, 2.24) is 5.32 Å². The van der Waals surface area contributed by atoms with Crippen LogP contribution in [-0.4, -0.2) is 110 Å². The van der Waals surface area contributed by atoms with Crippen molar-refractivity contribution < 1.29 is 50.0 Å². The van der Waals surface area contributed by atoms with E-state index in [1.54, 1.807) is 0 Å². The van der Waals surface area contributed by atoms with Crippen LogP contribution in [-0.2, 0) is 14.3 Å². The minimum atomic E-state index is -1.66. The molecule has 0 aromatic heterocycles. The molecule has 0 spiro atoms. The highest BCUT2D eigenvalue weighted by molar-refractivity contribution is 5.80. The van der Waals surface area contributed by atoms with Gasteiger partial charge in [0, 0.05) is 0 Å². The number of carbonyl (C=O) groups is 1. The lowest BCUT2D eigenvalue weighted by Crippen LogP contribution is -2.60. The summed E-state index contributed by atoms with van der Waals surface area (Å²) < 4.78 is 11.2. The van der Waals surface area contributed by atoms with Gasteiger partial charge in [-0.25, -0.2) is 0 Å². The number of hydrogen-bond donors (Lipinski definition) is 8. The number of ether oxygens (including phenoxy) is 2. The molecule has 11 nitrogen and oxygen atoms in total. The fourth-order valence-electron chi connectivity index (χ4n) is 11.1. The molecule has 1 rings (SSSR count). The van der Waals surface area contributed by atoms with E-state index in [2.05, 4.69) is 19.2 Å². The maximum atomic E-state index is 13.2. The molecular formula is C64H127NO10. The minimum absolute atomic E-state index is 0.267. The molecule has 8 N–H and O–H groups in total. The molecule has 1 aliphatic rings. The van der Waals surface area contributed by atoms with Crippen LogP contribution in [0.2, 0.25) is 0 Å². The standard InChI is InChI=1S/C64H127NO10/c1-3-5-7-9-11-13-15-17-19-21-23-25-27-28-30-31-33-35-37-39-41-43-45-47-49-51-56(67)59(69)55(54-74-64-62(72)61(71)60(70)58(53-66)75-64)65-63(73)57(68)52-50-48-46-44-42-40-38-36-34-32-29-26-24-22-20-18-16-14-12-10-8-6-4-2/h55-62,64,66-72H,3-54H2,1-2H3,(H,65,73). The van der Waals surface area contributed by atoms with Crippen LogP contribution in [0, 0.1) is 0 Å². The summed E-state index contributed by atoms with van der Waals surface area (Å²) in [6.07, 6.45) is 51.7. The van der Waals surface area contributed by atoms with E-state index in [-0.39, 0.29) is 6.42 Å². The predicted molar refractivity (Wildman–Crippen MR) is 312 cm³/mol. The largest absolute Gasteiger partial charge is 0.394 e. The van der Waals surface area contributed by atoms with Crippen LogP contribution < -0.4 is 5.32 Å². The molecule has 1 amide bonds. The molecule has 0 radical (unpaired) electrons. The summed E-state index contributed by atoms with van der Waals surface area (Å²) in [6, 6.07) is -1.16. The van der Waals surface area contributed by atoms with Gasteiger partial charge in [0.25, 0.3) is 0 Å². The summed E-state index contributed by atoms with van der Waals surface area (Å²) in [4.78, 5) is 13.2. The van der Waals surface area contributed by atoms with Gasteiger partial charge in [-0.2, -0.15) is 0 Å². The van der Waals surface area contributed by atoms with Gasteiger partial charge in [-0.15, -0.1) is 0 Å². The van der Waals surface area contributed by atoms with Crippen molar-refractivity contribution in [3.8, 4) is 0 Å². The molecule has 0 aliphatic carbocycles. The Morgan fingerprint density at radius 3 is 0.987 bits per heavy atom. The quantitative estimate of drug-likeness (QED) is 0.0272. The molecule has 1 fully saturated rings. The molecule has 1 heterocycles. The summed E-state index contributed by atoms with van der Waals surface area (Å²) in [5.74, 6) is -0.688. The van der Waals surface area contributed by atoms with Gasteiger partial charge in [0.1, 0.15) is 36.6 Å². The summed E-state index contributed by atoms with van der Waals surface area (Å²) >= 11 is 0. The van der Waals surface area contributed by atoms with E-state index < -0.39 is 74.2 Å². The number of carbonyl (C=O) groups excluding carboxylic acids is 1. The number of aliphatic hydroxyl groups is 7. The molecule has 0 aromatic rings. The highest BCUT2D eigenvalue weighted by atomic mass is 16.7. The zero-order valence-corrected chi connectivity index (χ0v) is 49.3. The Bertz CT molecular complexity index is 1180. The van der Waals surface area contributed by atoms with Gasteiger partial charge < -0.3 is 50.5 Å². The van der Waals surface area contributed by atoms with E-state index >= 15 is 0 Å². The Hall–Kier alpha value is -0.890. The van der Waals surface area contributed by atoms with E-state index in [1.165, 1.54) is 257 Å². The van der Waals surface area contributed by atoms with Crippen molar-refractivity contribution in [2.75, 3.05) is 13.2 Å². The smallest absolute Gasteiger partial charge is 0.249 e. The fraction of sp³-hybridized carbons (Fsp3) is 0.984. The number of amides is 1. The Labute approximate surface area is 462 Å². The third-order valence-electron chi connectivity index (χ3n) is 16.4. The van der Waals surface area contributed by atoms with Gasteiger partial charge in [-0.3, -0.25) is 4.79 Å². The first-order chi connectivity index (χ1) is 36.7. The van der Waals surface area contributed by atoms with Crippen LogP contribution in [0.4, 0.5) is 0 Å². The van der Waals surface area contributed by atoms with Crippen LogP contribution in [0.1, 0.15) is 335 Å². The SMILES string of the molecule is CCCCCCCCCCCCCCCCCCCCCCCCCCCC(O)C(O)C(COC1OC(CO)C(O)C(O)C1O)NC(=O)C(O)CCCCCCCCCCCCCCCCCCCCCCCCC. The number of hydrogen-bond acceptors (Lipinski definition) is 10. The molecule has 75 heavy (non-hydrogen) atoms. The van der Waals surface area contributed by atoms with Gasteiger partial charge in [0.15, 0.2) is 6.29 Å². The van der Waals surface area contributed by atoms with Crippen molar-refractivity contribution in [2.45, 2.75) is 390 Å². The monoisotopic (exact) mass is 1070 g/mol. The van der Waals surface area contributed by atoms with Crippen molar-refractivity contribution in [1.29, 1.82) is 0 Å². The molecule has 9 unspecified atom stereocenters. The van der Waals surface area contributed by atoms with Gasteiger partial charge in [0.05, 0.1) is 25.4 Å². The molecule has 9 atom stereocenters. The van der Waals surface area contributed by atoms with E-state index in [0.29, 0.717) is 19.3 Å². The topological polar surface area (TPSA) is 189 Å². The first-order valence-electron chi connectivity index (χ1n) is 32.9. The van der Waals surface area contributed by atoms with Crippen molar-refractivity contribution in [3.63, 3.8) is 0 Å². The molecule has 0 saturated carbocycles. The second kappa shape index (κ2) is 53.7. The normalized spacial score (nSPS) is 19.6. The zero-order chi connectivity index (χ0) is 54.7. The van der Waals surface area contributed by atoms with Gasteiger partial charge in [0.2, 0.25) is 5.91 Å². The number of nitrogens with one attached hydrogen (secondary N) is 1. The summed E-state index contributed by atoms with van der Waals surface area (Å²) in [7, 11) is 0. The Balaban J connectivity index is 2.23. The van der Waals surface area contributed by atoms with E-state index in [9.17, 15) is 40.5 Å². The lowest BCUT2D eigenvalue weighted by atomic mass is 9.98. The number of aliphatic hydroxyl groups excluding tert-OH is 7. The number of unbranched alkanes of at least 4 members (excludes halogenated alkanes) is 46. The first-order valence-corrected chi connectivity index (χ1v) is 32.9. The van der Waals surface area contributed by atoms with E-state index in [4.69, 9.17) is 9.47 Å². The Morgan fingerprint density at radius 1 is 0.413 bits per heavy atom. The summed E-state index contributed by atoms with van der Waals surface area (Å²) in [5, 5.41) is 76.4. The molecule has 0 bridgehead atoms. The van der Waals surface area contributed by atoms with E-state index in [0.717, 1.165) is 38.5 Å². The Morgan fingerprint density at radius 2 is 0.693 bits per heavy atom. The van der Waals surface area contributed by atoms with Crippen LogP contribution in [0.25, 0.3) is 0 Å². The molecule has 11 heteroatoms. The van der Waals surface area contributed by atoms with Gasteiger partial charge >= 0.3 is 0 Å². The maximum absolute atomic E-state index is 13.2. The molecule has 0 aromatic carbocycles. The minimum Gasteiger partial charge on any atom is -0.394 e. The highest BCUT2D eigenvalue weighted by Crippen LogP contribution is 2.24. The first kappa shape index (κ1) is 72.1. The van der Waals surface area contributed by atoms with Gasteiger partial charge in [-0.1, -0.05) is 322 Å². The summed E-state index contributed by atoms with van der Waals surface area (Å²) in [5.41, 5.74) is 0.